The van der Waals surface area contributed by atoms with Crippen LogP contribution < -0.4 is 5.73 Å². The van der Waals surface area contributed by atoms with Crippen molar-refractivity contribution in [1.82, 2.24) is 10.2 Å². The van der Waals surface area contributed by atoms with Crippen LogP contribution in [-0.4, -0.2) is 16.7 Å². The first kappa shape index (κ1) is 11.6. The Morgan fingerprint density at radius 1 is 1.24 bits per heavy atom. The minimum atomic E-state index is -0.619. The van der Waals surface area contributed by atoms with E-state index in [1.165, 1.54) is 18.3 Å². The van der Waals surface area contributed by atoms with Crippen LogP contribution in [0.3, 0.4) is 0 Å². The predicted octanol–water partition coefficient (Wildman–Crippen LogP) is 1.85. The molecule has 0 aliphatic rings. The van der Waals surface area contributed by atoms with Crippen LogP contribution >= 0.6 is 0 Å². The van der Waals surface area contributed by atoms with Gasteiger partial charge in [0.1, 0.15) is 11.6 Å². The van der Waals surface area contributed by atoms with Gasteiger partial charge in [-0.15, -0.1) is 0 Å². The summed E-state index contributed by atoms with van der Waals surface area (Å²) in [5, 5.41) is 7.62. The van der Waals surface area contributed by atoms with Crippen LogP contribution in [0.2, 0.25) is 0 Å². The Labute approximate surface area is 97.3 Å². The lowest BCUT2D eigenvalue weighted by molar-refractivity contribution is 0.562. The highest BCUT2D eigenvalue weighted by molar-refractivity contribution is 5.30. The SMILES string of the molecule is NCC(c1cccnn1)c1ccc(F)cc1F. The van der Waals surface area contributed by atoms with E-state index in [1.54, 1.807) is 12.1 Å². The Kier molecular flexibility index (Phi) is 3.39. The van der Waals surface area contributed by atoms with Gasteiger partial charge in [-0.3, -0.25) is 0 Å². The van der Waals surface area contributed by atoms with Gasteiger partial charge in [-0.2, -0.15) is 10.2 Å². The molecule has 3 nitrogen and oxygen atoms in total. The zero-order chi connectivity index (χ0) is 12.3. The van der Waals surface area contributed by atoms with Crippen molar-refractivity contribution in [3.05, 3.63) is 59.4 Å². The molecule has 2 rings (SSSR count). The second-order valence-electron chi connectivity index (χ2n) is 3.60. The minimum Gasteiger partial charge on any atom is -0.329 e. The lowest BCUT2D eigenvalue weighted by Gasteiger charge is -2.14. The summed E-state index contributed by atoms with van der Waals surface area (Å²) >= 11 is 0. The Morgan fingerprint density at radius 3 is 2.65 bits per heavy atom. The van der Waals surface area contributed by atoms with Gasteiger partial charge in [0.25, 0.3) is 0 Å². The maximum absolute atomic E-state index is 13.6. The molecule has 0 saturated carbocycles. The summed E-state index contributed by atoms with van der Waals surface area (Å²) in [6.45, 7) is 0.182. The average Bonchev–Trinajstić information content (AvgIpc) is 2.34. The molecule has 0 bridgehead atoms. The van der Waals surface area contributed by atoms with E-state index < -0.39 is 17.6 Å². The molecular formula is C12H11F2N3. The van der Waals surface area contributed by atoms with E-state index in [-0.39, 0.29) is 6.54 Å². The van der Waals surface area contributed by atoms with E-state index in [2.05, 4.69) is 10.2 Å². The summed E-state index contributed by atoms with van der Waals surface area (Å²) in [5.74, 6) is -1.64. The summed E-state index contributed by atoms with van der Waals surface area (Å²) in [4.78, 5) is 0. The molecule has 1 unspecified atom stereocenters. The molecule has 2 N–H and O–H groups in total. The van der Waals surface area contributed by atoms with E-state index >= 15 is 0 Å². The van der Waals surface area contributed by atoms with Gasteiger partial charge in [0.15, 0.2) is 0 Å². The topological polar surface area (TPSA) is 51.8 Å². The minimum absolute atomic E-state index is 0.182. The fraction of sp³-hybridized carbons (Fsp3) is 0.167. The summed E-state index contributed by atoms with van der Waals surface area (Å²) in [6.07, 6.45) is 1.53. The third kappa shape index (κ3) is 2.45. The molecule has 0 aliphatic carbocycles. The van der Waals surface area contributed by atoms with Gasteiger partial charge in [0.2, 0.25) is 0 Å². The van der Waals surface area contributed by atoms with Gasteiger partial charge in [-0.1, -0.05) is 6.07 Å². The Hall–Kier alpha value is -1.88. The van der Waals surface area contributed by atoms with Gasteiger partial charge in [0.05, 0.1) is 5.69 Å². The number of hydrogen-bond donors (Lipinski definition) is 1. The molecule has 0 aliphatic heterocycles. The Balaban J connectivity index is 2.42. The maximum atomic E-state index is 13.6. The van der Waals surface area contributed by atoms with Crippen LogP contribution in [0.5, 0.6) is 0 Å². The average molecular weight is 235 g/mol. The number of halogens is 2. The number of aromatic nitrogens is 2. The number of nitrogens with two attached hydrogens (primary N) is 1. The molecular weight excluding hydrogens is 224 g/mol. The van der Waals surface area contributed by atoms with E-state index in [9.17, 15) is 8.78 Å². The van der Waals surface area contributed by atoms with Crippen molar-refractivity contribution < 1.29 is 8.78 Å². The first-order chi connectivity index (χ1) is 8.22. The molecule has 2 aromatic rings. The molecule has 1 aromatic carbocycles. The van der Waals surface area contributed by atoms with Crippen LogP contribution in [0, 0.1) is 11.6 Å². The van der Waals surface area contributed by atoms with Gasteiger partial charge in [-0.25, -0.2) is 8.78 Å². The standard InChI is InChI=1S/C12H11F2N3/c13-8-3-4-9(11(14)6-8)10(7-15)12-2-1-5-16-17-12/h1-6,10H,7,15H2. The van der Waals surface area contributed by atoms with Crippen molar-refractivity contribution in [1.29, 1.82) is 0 Å². The van der Waals surface area contributed by atoms with Crippen LogP contribution in [-0.2, 0) is 0 Å². The van der Waals surface area contributed by atoms with Crippen molar-refractivity contribution in [2.45, 2.75) is 5.92 Å². The third-order valence-corrected chi connectivity index (χ3v) is 2.52. The first-order valence-corrected chi connectivity index (χ1v) is 5.15. The summed E-state index contributed by atoms with van der Waals surface area (Å²) in [7, 11) is 0. The zero-order valence-electron chi connectivity index (χ0n) is 8.98. The fourth-order valence-electron chi connectivity index (χ4n) is 1.69. The normalized spacial score (nSPS) is 12.4. The van der Waals surface area contributed by atoms with Gasteiger partial charge >= 0.3 is 0 Å². The highest BCUT2D eigenvalue weighted by Gasteiger charge is 2.18. The molecule has 0 fully saturated rings. The van der Waals surface area contributed by atoms with E-state index in [1.807, 2.05) is 0 Å². The van der Waals surface area contributed by atoms with Crippen LogP contribution in [0.4, 0.5) is 8.78 Å². The molecule has 0 amide bonds. The molecule has 0 saturated heterocycles. The van der Waals surface area contributed by atoms with Crippen LogP contribution in [0.1, 0.15) is 17.2 Å². The van der Waals surface area contributed by atoms with E-state index in [0.29, 0.717) is 11.3 Å². The summed E-state index contributed by atoms with van der Waals surface area (Å²) < 4.78 is 26.4. The van der Waals surface area contributed by atoms with Gasteiger partial charge < -0.3 is 5.73 Å². The summed E-state index contributed by atoms with van der Waals surface area (Å²) in [6, 6.07) is 6.85. The first-order valence-electron chi connectivity index (χ1n) is 5.15. The van der Waals surface area contributed by atoms with Crippen molar-refractivity contribution in [3.8, 4) is 0 Å². The number of hydrogen-bond acceptors (Lipinski definition) is 3. The highest BCUT2D eigenvalue weighted by atomic mass is 19.1. The molecule has 88 valence electrons. The fourth-order valence-corrected chi connectivity index (χ4v) is 1.69. The molecule has 1 atom stereocenters. The van der Waals surface area contributed by atoms with E-state index in [0.717, 1.165) is 6.07 Å². The van der Waals surface area contributed by atoms with Gasteiger partial charge in [-0.05, 0) is 23.8 Å². The Bertz CT molecular complexity index is 502. The van der Waals surface area contributed by atoms with Crippen LogP contribution in [0.25, 0.3) is 0 Å². The largest absolute Gasteiger partial charge is 0.329 e. The van der Waals surface area contributed by atoms with Crippen molar-refractivity contribution in [2.24, 2.45) is 5.73 Å². The number of benzene rings is 1. The smallest absolute Gasteiger partial charge is 0.130 e. The second-order valence-corrected chi connectivity index (χ2v) is 3.60. The molecule has 0 radical (unpaired) electrons. The van der Waals surface area contributed by atoms with Crippen molar-refractivity contribution >= 4 is 0 Å². The molecule has 17 heavy (non-hydrogen) atoms. The second kappa shape index (κ2) is 4.97. The third-order valence-electron chi connectivity index (χ3n) is 2.52. The predicted molar refractivity (Wildman–Crippen MR) is 59.3 cm³/mol. The maximum Gasteiger partial charge on any atom is 0.130 e. The molecule has 1 aromatic heterocycles. The molecule has 1 heterocycles. The van der Waals surface area contributed by atoms with Crippen LogP contribution in [0.15, 0.2) is 36.5 Å². The summed E-state index contributed by atoms with van der Waals surface area (Å²) in [5.41, 5.74) is 6.51. The van der Waals surface area contributed by atoms with Gasteiger partial charge in [0, 0.05) is 24.7 Å². The van der Waals surface area contributed by atoms with Crippen molar-refractivity contribution in [3.63, 3.8) is 0 Å². The lowest BCUT2D eigenvalue weighted by Crippen LogP contribution is -2.16. The quantitative estimate of drug-likeness (QED) is 0.883. The Morgan fingerprint density at radius 2 is 2.06 bits per heavy atom. The lowest BCUT2D eigenvalue weighted by atomic mass is 9.95. The highest BCUT2D eigenvalue weighted by Crippen LogP contribution is 2.24. The zero-order valence-corrected chi connectivity index (χ0v) is 8.98. The number of nitrogens with zero attached hydrogens (tertiary/aromatic N) is 2. The number of rotatable bonds is 3. The monoisotopic (exact) mass is 235 g/mol. The van der Waals surface area contributed by atoms with Crippen molar-refractivity contribution in [2.75, 3.05) is 6.54 Å². The molecule has 0 spiro atoms. The molecule has 5 heteroatoms. The van der Waals surface area contributed by atoms with E-state index in [4.69, 9.17) is 5.73 Å².